The molecule has 1 saturated heterocycles. The Morgan fingerprint density at radius 3 is 2.44 bits per heavy atom. The molecule has 5 aromatic rings. The van der Waals surface area contributed by atoms with E-state index in [0.717, 1.165) is 40.7 Å². The number of anilines is 2. The molecule has 0 unspecified atom stereocenters. The lowest BCUT2D eigenvalue weighted by molar-refractivity contribution is -0.00521. The second-order valence-electron chi connectivity index (χ2n) is 9.67. The molecule has 2 aromatic carbocycles. The van der Waals surface area contributed by atoms with Crippen molar-refractivity contribution in [1.82, 2.24) is 24.9 Å². The Bertz CT molecular complexity index is 1630. The summed E-state index contributed by atoms with van der Waals surface area (Å²) < 4.78 is 5.90. The topological polar surface area (TPSA) is 112 Å². The zero-order valence-electron chi connectivity index (χ0n) is 22.0. The second kappa shape index (κ2) is 11.7. The van der Waals surface area contributed by atoms with E-state index in [2.05, 4.69) is 56.1 Å². The average Bonchev–Trinajstić information content (AvgIpc) is 3.31. The second-order valence-corrected chi connectivity index (χ2v) is 9.67. The Hall–Kier alpha value is -3.54. The Morgan fingerprint density at radius 2 is 1.69 bits per heavy atom. The highest BCUT2D eigenvalue weighted by atomic mass is 32.1. The number of nitrogens with zero attached hydrogens (tertiary/aromatic N) is 4. The molecule has 4 heterocycles. The van der Waals surface area contributed by atoms with Crippen LogP contribution < -0.4 is 15.8 Å². The van der Waals surface area contributed by atoms with Crippen molar-refractivity contribution < 1.29 is 4.74 Å². The van der Waals surface area contributed by atoms with Crippen molar-refractivity contribution in [3.8, 4) is 11.4 Å². The third-order valence-corrected chi connectivity index (χ3v) is 6.74. The Labute approximate surface area is 240 Å². The van der Waals surface area contributed by atoms with Gasteiger partial charge < -0.3 is 24.9 Å². The highest BCUT2D eigenvalue weighted by Crippen LogP contribution is 2.33. The molecular weight excluding hydrogens is 530 g/mol. The van der Waals surface area contributed by atoms with Crippen molar-refractivity contribution >= 4 is 60.3 Å². The molecule has 0 amide bonds. The number of imidazole rings is 1. The molecule has 0 aliphatic carbocycles. The highest BCUT2D eigenvalue weighted by molar-refractivity contribution is 7.59. The maximum absolute atomic E-state index is 13.4. The van der Waals surface area contributed by atoms with E-state index in [1.807, 2.05) is 37.3 Å². The van der Waals surface area contributed by atoms with Crippen LogP contribution in [0.5, 0.6) is 0 Å². The van der Waals surface area contributed by atoms with Gasteiger partial charge in [-0.25, -0.2) is 15.0 Å². The molecule has 1 aliphatic heterocycles. The van der Waals surface area contributed by atoms with Gasteiger partial charge in [-0.3, -0.25) is 4.79 Å². The normalized spacial score (nSPS) is 17.9. The minimum Gasteiger partial charge on any atom is -0.374 e. The summed E-state index contributed by atoms with van der Waals surface area (Å²) >= 11 is 0. The molecule has 1 fully saturated rings. The number of ether oxygens (including phenoxy) is 1. The average molecular weight is 564 g/mol. The van der Waals surface area contributed by atoms with Gasteiger partial charge in [-0.2, -0.15) is 27.0 Å². The molecule has 0 spiro atoms. The van der Waals surface area contributed by atoms with E-state index in [4.69, 9.17) is 9.72 Å². The predicted molar refractivity (Wildman–Crippen MR) is 167 cm³/mol. The van der Waals surface area contributed by atoms with Crippen molar-refractivity contribution in [2.75, 3.05) is 23.3 Å². The summed E-state index contributed by atoms with van der Waals surface area (Å²) in [5.74, 6) is 1.15. The molecule has 3 aromatic heterocycles. The van der Waals surface area contributed by atoms with E-state index in [9.17, 15) is 4.79 Å². The van der Waals surface area contributed by atoms with Gasteiger partial charge in [0.2, 0.25) is 0 Å². The first-order valence-corrected chi connectivity index (χ1v) is 12.6. The number of aromatic nitrogens is 5. The third kappa shape index (κ3) is 5.61. The summed E-state index contributed by atoms with van der Waals surface area (Å²) in [6, 6.07) is 15.5. The van der Waals surface area contributed by atoms with E-state index in [0.29, 0.717) is 22.9 Å². The minimum atomic E-state index is -0.230. The summed E-state index contributed by atoms with van der Waals surface area (Å²) in [4.78, 5) is 35.8. The number of H-pyrrole nitrogens is 2. The number of morpholine rings is 1. The van der Waals surface area contributed by atoms with Gasteiger partial charge in [0.05, 0.1) is 40.5 Å². The van der Waals surface area contributed by atoms with Crippen LogP contribution in [0, 0.1) is 0 Å². The van der Waals surface area contributed by atoms with E-state index < -0.39 is 0 Å². The monoisotopic (exact) mass is 563 g/mol. The quantitative estimate of drug-likeness (QED) is 0.280. The number of fused-ring (bicyclic) bond motifs is 2. The van der Waals surface area contributed by atoms with Gasteiger partial charge in [0.15, 0.2) is 0 Å². The molecule has 1 aliphatic rings. The number of aromatic amines is 2. The SMILES string of the molecule is C[C@H](Nc1c(-c2nc3ccc(N4C[C@H](C)O[C@@H](C)C4)cc3[nH]2)c(=O)[nH]c2ccccc12)c1ncccn1.S.S. The first-order valence-electron chi connectivity index (χ1n) is 12.6. The fraction of sp³-hybridized carbons (Fsp3) is 0.286. The predicted octanol–water partition coefficient (Wildman–Crippen LogP) is 4.87. The number of nitrogens with one attached hydrogen (secondary N) is 3. The minimum absolute atomic E-state index is 0. The molecule has 6 rings (SSSR count). The number of hydrogen-bond donors (Lipinski definition) is 3. The zero-order valence-corrected chi connectivity index (χ0v) is 24.0. The van der Waals surface area contributed by atoms with Crippen LogP contribution in [0.1, 0.15) is 32.6 Å². The van der Waals surface area contributed by atoms with E-state index in [1.165, 1.54) is 0 Å². The van der Waals surface area contributed by atoms with Gasteiger partial charge in [-0.05, 0) is 51.1 Å². The number of para-hydroxylation sites is 1. The summed E-state index contributed by atoms with van der Waals surface area (Å²) in [6.45, 7) is 7.82. The number of hydrogen-bond acceptors (Lipinski definition) is 7. The van der Waals surface area contributed by atoms with Crippen molar-refractivity contribution in [2.24, 2.45) is 0 Å². The summed E-state index contributed by atoms with van der Waals surface area (Å²) in [6.07, 6.45) is 3.75. The fourth-order valence-corrected chi connectivity index (χ4v) is 5.14. The lowest BCUT2D eigenvalue weighted by atomic mass is 10.1. The highest BCUT2D eigenvalue weighted by Gasteiger charge is 2.24. The molecule has 0 bridgehead atoms. The summed E-state index contributed by atoms with van der Waals surface area (Å²) in [5.41, 5.74) is 4.43. The summed E-state index contributed by atoms with van der Waals surface area (Å²) in [5, 5.41) is 4.39. The van der Waals surface area contributed by atoms with Crippen LogP contribution in [0.2, 0.25) is 0 Å². The molecule has 9 nitrogen and oxygen atoms in total. The van der Waals surface area contributed by atoms with Gasteiger partial charge in [-0.1, -0.05) is 18.2 Å². The van der Waals surface area contributed by atoms with Gasteiger partial charge in [0, 0.05) is 36.6 Å². The van der Waals surface area contributed by atoms with Gasteiger partial charge in [-0.15, -0.1) is 0 Å². The smallest absolute Gasteiger partial charge is 0.261 e. The van der Waals surface area contributed by atoms with Crippen LogP contribution in [0.4, 0.5) is 11.4 Å². The molecule has 0 saturated carbocycles. The Balaban J connectivity index is 0.00000176. The summed E-state index contributed by atoms with van der Waals surface area (Å²) in [7, 11) is 0. The lowest BCUT2D eigenvalue weighted by Gasteiger charge is -2.36. The number of pyridine rings is 1. The molecule has 39 heavy (non-hydrogen) atoms. The zero-order chi connectivity index (χ0) is 25.5. The first-order chi connectivity index (χ1) is 18.0. The van der Waals surface area contributed by atoms with Crippen LogP contribution in [-0.4, -0.2) is 50.2 Å². The van der Waals surface area contributed by atoms with Crippen molar-refractivity contribution in [1.29, 1.82) is 0 Å². The van der Waals surface area contributed by atoms with Gasteiger partial charge in [0.1, 0.15) is 17.2 Å². The van der Waals surface area contributed by atoms with Crippen LogP contribution >= 0.6 is 27.0 Å². The maximum atomic E-state index is 13.4. The van der Waals surface area contributed by atoms with Crippen molar-refractivity contribution in [3.63, 3.8) is 0 Å². The Kier molecular flexibility index (Phi) is 8.53. The molecule has 11 heteroatoms. The number of rotatable bonds is 5. The fourth-order valence-electron chi connectivity index (χ4n) is 5.14. The first kappa shape index (κ1) is 28.5. The van der Waals surface area contributed by atoms with Crippen LogP contribution in [0.25, 0.3) is 33.3 Å². The standard InChI is InChI=1S/C28H29N7O2.2H2S/c1-16-14-35(15-17(2)37-16)19-9-10-22-23(13-19)33-27(32-22)24-25(31-18(3)26-29-11-6-12-30-26)20-7-4-5-8-21(20)34-28(24)36;;/h4-13,16-18H,14-15H2,1-3H3,(H,32,33)(H2,31,34,36);2*1H2/t16-,17-,18-;;/m0../s1. The third-order valence-electron chi connectivity index (χ3n) is 6.74. The van der Waals surface area contributed by atoms with Crippen molar-refractivity contribution in [3.05, 3.63) is 77.1 Å². The Morgan fingerprint density at radius 1 is 0.974 bits per heavy atom. The molecule has 3 atom stereocenters. The van der Waals surface area contributed by atoms with E-state index in [1.54, 1.807) is 18.5 Å². The maximum Gasteiger partial charge on any atom is 0.261 e. The largest absolute Gasteiger partial charge is 0.374 e. The molecule has 3 N–H and O–H groups in total. The van der Waals surface area contributed by atoms with Crippen LogP contribution in [0.15, 0.2) is 65.7 Å². The molecule has 204 valence electrons. The number of benzene rings is 2. The van der Waals surface area contributed by atoms with E-state index >= 15 is 0 Å². The van der Waals surface area contributed by atoms with Gasteiger partial charge >= 0.3 is 0 Å². The van der Waals surface area contributed by atoms with Crippen LogP contribution in [-0.2, 0) is 4.74 Å². The van der Waals surface area contributed by atoms with Crippen LogP contribution in [0.3, 0.4) is 0 Å². The van der Waals surface area contributed by atoms with Gasteiger partial charge in [0.25, 0.3) is 5.56 Å². The van der Waals surface area contributed by atoms with E-state index in [-0.39, 0.29) is 50.8 Å². The van der Waals surface area contributed by atoms with Crippen molar-refractivity contribution in [2.45, 2.75) is 39.0 Å². The molecule has 0 radical (unpaired) electrons. The lowest BCUT2D eigenvalue weighted by Crippen LogP contribution is -2.45. The molecular formula is C28H33N7O2S2.